The molecule has 1 unspecified atom stereocenters. The minimum Gasteiger partial charge on any atom is -0.339 e. The van der Waals surface area contributed by atoms with Gasteiger partial charge in [-0.15, -0.1) is 0 Å². The van der Waals surface area contributed by atoms with E-state index in [-0.39, 0.29) is 29.0 Å². The molecule has 168 valence electrons. The van der Waals surface area contributed by atoms with Gasteiger partial charge in [-0.25, -0.2) is 4.79 Å². The first-order valence-corrected chi connectivity index (χ1v) is 11.0. The van der Waals surface area contributed by atoms with Crippen LogP contribution in [0.4, 0.5) is 0 Å². The Labute approximate surface area is 188 Å². The van der Waals surface area contributed by atoms with Crippen molar-refractivity contribution in [3.8, 4) is 11.5 Å². The minimum atomic E-state index is -0.417. The van der Waals surface area contributed by atoms with Crippen LogP contribution in [0.3, 0.4) is 0 Å². The van der Waals surface area contributed by atoms with Crippen LogP contribution in [-0.2, 0) is 19.5 Å². The fraction of sp³-hybridized carbons (Fsp3) is 0.429. The number of fused-ring (bicyclic) bond motifs is 1. The lowest BCUT2D eigenvalue weighted by Gasteiger charge is -2.14. The van der Waals surface area contributed by atoms with Gasteiger partial charge in [-0.2, -0.15) is 9.97 Å². The van der Waals surface area contributed by atoms with Gasteiger partial charge in [0.05, 0.1) is 0 Å². The number of nitrogens with zero attached hydrogens (tertiary/aromatic N) is 6. The number of hydrogen-bond acceptors (Lipinski definition) is 7. The van der Waals surface area contributed by atoms with E-state index in [1.54, 1.807) is 6.20 Å². The minimum absolute atomic E-state index is 0.0901. The quantitative estimate of drug-likeness (QED) is 0.302. The third kappa shape index (κ3) is 4.50. The maximum atomic E-state index is 13.1. The van der Waals surface area contributed by atoms with Crippen molar-refractivity contribution in [1.29, 1.82) is 0 Å². The summed E-state index contributed by atoms with van der Waals surface area (Å²) >= 11 is 5.99. The molecule has 32 heavy (non-hydrogen) atoms. The van der Waals surface area contributed by atoms with Crippen LogP contribution in [0.5, 0.6) is 0 Å². The van der Waals surface area contributed by atoms with Gasteiger partial charge in [0.1, 0.15) is 5.69 Å². The van der Waals surface area contributed by atoms with Gasteiger partial charge in [0.25, 0.3) is 5.56 Å². The molecule has 4 aromatic heterocycles. The number of imidazole rings is 1. The van der Waals surface area contributed by atoms with Crippen molar-refractivity contribution in [2.45, 2.75) is 52.6 Å². The zero-order valence-corrected chi connectivity index (χ0v) is 18.7. The lowest BCUT2D eigenvalue weighted by molar-refractivity contribution is 0.372. The molecule has 1 atom stereocenters. The normalized spacial score (nSPS) is 12.5. The van der Waals surface area contributed by atoms with Crippen LogP contribution in [0.15, 0.2) is 38.5 Å². The highest BCUT2D eigenvalue weighted by atomic mass is 35.5. The van der Waals surface area contributed by atoms with Gasteiger partial charge in [-0.05, 0) is 42.5 Å². The van der Waals surface area contributed by atoms with E-state index in [0.717, 1.165) is 6.42 Å². The second kappa shape index (κ2) is 9.47. The first kappa shape index (κ1) is 21.9. The highest BCUT2D eigenvalue weighted by Crippen LogP contribution is 2.14. The highest BCUT2D eigenvalue weighted by molar-refractivity contribution is 6.28. The van der Waals surface area contributed by atoms with Crippen molar-refractivity contribution < 1.29 is 4.52 Å². The number of halogens is 1. The van der Waals surface area contributed by atoms with Crippen LogP contribution >= 0.6 is 11.6 Å². The van der Waals surface area contributed by atoms with E-state index in [9.17, 15) is 9.59 Å². The Hall–Kier alpha value is -3.27. The molecule has 0 aliphatic rings. The number of hydrogen-bond donors (Lipinski definition) is 1. The fourth-order valence-electron chi connectivity index (χ4n) is 3.44. The predicted molar refractivity (Wildman–Crippen MR) is 120 cm³/mol. The number of pyridine rings is 1. The number of aryl methyl sites for hydroxylation is 1. The largest absolute Gasteiger partial charge is 0.339 e. The van der Waals surface area contributed by atoms with Crippen LogP contribution in [0.1, 0.15) is 39.0 Å². The van der Waals surface area contributed by atoms with Crippen LogP contribution in [0.25, 0.3) is 22.7 Å². The summed E-state index contributed by atoms with van der Waals surface area (Å²) in [4.78, 5) is 41.4. The molecule has 0 aliphatic heterocycles. The SMILES string of the molecule is CCC(C)Cn1c(=O)n(CCCCc2nc(-c3ccccn3)no2)c(=O)c2[nH]c(Cl)nc21. The molecule has 4 heterocycles. The number of aromatic amines is 1. The van der Waals surface area contributed by atoms with Crippen molar-refractivity contribution in [1.82, 2.24) is 34.2 Å². The summed E-state index contributed by atoms with van der Waals surface area (Å²) in [6.45, 7) is 4.83. The topological polar surface area (TPSA) is 124 Å². The average Bonchev–Trinajstić information content (AvgIpc) is 3.43. The molecule has 0 aromatic carbocycles. The molecule has 0 fully saturated rings. The van der Waals surface area contributed by atoms with Gasteiger partial charge in [-0.3, -0.25) is 18.9 Å². The van der Waals surface area contributed by atoms with Gasteiger partial charge in [0.2, 0.25) is 17.0 Å². The molecule has 4 aromatic rings. The molecule has 11 heteroatoms. The molecule has 0 bridgehead atoms. The molecule has 4 rings (SSSR count). The summed E-state index contributed by atoms with van der Waals surface area (Å²) in [5.41, 5.74) is 0.396. The number of unbranched alkanes of at least 4 members (excludes halogenated alkanes) is 1. The summed E-state index contributed by atoms with van der Waals surface area (Å²) < 4.78 is 8.07. The zero-order valence-electron chi connectivity index (χ0n) is 17.9. The number of nitrogens with one attached hydrogen (secondary N) is 1. The van der Waals surface area contributed by atoms with E-state index in [0.29, 0.717) is 48.9 Å². The molecule has 0 saturated heterocycles. The lowest BCUT2D eigenvalue weighted by atomic mass is 10.1. The number of rotatable bonds is 9. The molecule has 0 saturated carbocycles. The van der Waals surface area contributed by atoms with Gasteiger partial charge in [-0.1, -0.05) is 31.5 Å². The summed E-state index contributed by atoms with van der Waals surface area (Å²) in [6.07, 6.45) is 4.36. The highest BCUT2D eigenvalue weighted by Gasteiger charge is 2.18. The molecular weight excluding hydrogens is 434 g/mol. The zero-order chi connectivity index (χ0) is 22.7. The maximum absolute atomic E-state index is 13.1. The van der Waals surface area contributed by atoms with Crippen LogP contribution in [-0.4, -0.2) is 34.2 Å². The van der Waals surface area contributed by atoms with Crippen molar-refractivity contribution in [2.24, 2.45) is 5.92 Å². The molecule has 0 amide bonds. The standard InChI is InChI=1S/C21H24ClN7O3/c1-3-13(2)12-29-18-16(25-20(22)26-18)19(30)28(21(29)31)11-7-5-9-15-24-17(27-32-15)14-8-4-6-10-23-14/h4,6,8,10,13H,3,5,7,9,11-12H2,1-2H3,(H,25,26). The molecular formula is C21H24ClN7O3. The molecule has 0 radical (unpaired) electrons. The third-order valence-electron chi connectivity index (χ3n) is 5.41. The molecule has 1 N–H and O–H groups in total. The Morgan fingerprint density at radius 2 is 2.03 bits per heavy atom. The van der Waals surface area contributed by atoms with Crippen LogP contribution in [0.2, 0.25) is 5.28 Å². The monoisotopic (exact) mass is 457 g/mol. The fourth-order valence-corrected chi connectivity index (χ4v) is 3.62. The van der Waals surface area contributed by atoms with Crippen molar-refractivity contribution in [3.05, 3.63) is 56.4 Å². The van der Waals surface area contributed by atoms with Crippen molar-refractivity contribution in [3.63, 3.8) is 0 Å². The second-order valence-corrected chi connectivity index (χ2v) is 8.13. The first-order valence-electron chi connectivity index (χ1n) is 10.6. The third-order valence-corrected chi connectivity index (χ3v) is 5.59. The second-order valence-electron chi connectivity index (χ2n) is 7.77. The van der Waals surface area contributed by atoms with E-state index in [4.69, 9.17) is 16.1 Å². The Kier molecular flexibility index (Phi) is 6.50. The van der Waals surface area contributed by atoms with Gasteiger partial charge >= 0.3 is 5.69 Å². The summed E-state index contributed by atoms with van der Waals surface area (Å²) in [7, 11) is 0. The summed E-state index contributed by atoms with van der Waals surface area (Å²) in [5.74, 6) is 1.18. The van der Waals surface area contributed by atoms with Crippen LogP contribution < -0.4 is 11.2 Å². The Morgan fingerprint density at radius 3 is 2.78 bits per heavy atom. The number of H-pyrrole nitrogens is 1. The number of aromatic nitrogens is 7. The lowest BCUT2D eigenvalue weighted by Crippen LogP contribution is -2.41. The first-order chi connectivity index (χ1) is 15.5. The van der Waals surface area contributed by atoms with E-state index < -0.39 is 5.56 Å². The predicted octanol–water partition coefficient (Wildman–Crippen LogP) is 3.05. The van der Waals surface area contributed by atoms with Crippen LogP contribution in [0, 0.1) is 5.92 Å². The maximum Gasteiger partial charge on any atom is 0.332 e. The Bertz CT molecular complexity index is 1320. The van der Waals surface area contributed by atoms with E-state index in [2.05, 4.69) is 32.0 Å². The van der Waals surface area contributed by atoms with Gasteiger partial charge in [0, 0.05) is 25.7 Å². The molecule has 0 spiro atoms. The van der Waals surface area contributed by atoms with Crippen molar-refractivity contribution in [2.75, 3.05) is 0 Å². The van der Waals surface area contributed by atoms with Gasteiger partial charge < -0.3 is 9.51 Å². The van der Waals surface area contributed by atoms with E-state index >= 15 is 0 Å². The smallest absolute Gasteiger partial charge is 0.332 e. The Balaban J connectivity index is 1.48. The molecule has 10 nitrogen and oxygen atoms in total. The Morgan fingerprint density at radius 1 is 1.19 bits per heavy atom. The average molecular weight is 458 g/mol. The summed E-state index contributed by atoms with van der Waals surface area (Å²) in [5, 5.41) is 4.04. The molecule has 0 aliphatic carbocycles. The van der Waals surface area contributed by atoms with E-state index in [1.807, 2.05) is 25.1 Å². The van der Waals surface area contributed by atoms with E-state index in [1.165, 1.54) is 9.13 Å². The summed E-state index contributed by atoms with van der Waals surface area (Å²) in [6, 6.07) is 5.48. The van der Waals surface area contributed by atoms with Crippen molar-refractivity contribution >= 4 is 22.8 Å². The van der Waals surface area contributed by atoms with Gasteiger partial charge in [0.15, 0.2) is 11.2 Å².